The largest absolute Gasteiger partial charge is 0.396 e. The molecule has 3 atom stereocenters. The summed E-state index contributed by atoms with van der Waals surface area (Å²) in [7, 11) is 1.72. The topological polar surface area (TPSA) is 79.4 Å². The lowest BCUT2D eigenvalue weighted by Gasteiger charge is -2.44. The van der Waals surface area contributed by atoms with Crippen molar-refractivity contribution in [3.8, 4) is 0 Å². The minimum Gasteiger partial charge on any atom is -0.396 e. The van der Waals surface area contributed by atoms with Crippen LogP contribution in [0.25, 0.3) is 0 Å². The Morgan fingerprint density at radius 3 is 2.79 bits per heavy atom. The molecule has 3 aliphatic heterocycles. The predicted molar refractivity (Wildman–Crippen MR) is 106 cm³/mol. The van der Waals surface area contributed by atoms with E-state index >= 15 is 0 Å². The maximum absolute atomic E-state index is 13.1. The number of benzene rings is 1. The lowest BCUT2D eigenvalue weighted by molar-refractivity contribution is -0.138. The standard InChI is InChI=1S/C19H26ClN5O3/c1-12-5-6-13(11-14(12)20)23-7-3-8-24-15-16(21-18(23)24)22(2)19(28)25(17(15)27)9-4-10-26/h5-6,11,15-16,18,21,26H,3-4,7-10H2,1-2H3. The SMILES string of the molecule is Cc1ccc(N2CCCN3C4C(=O)N(CCCO)C(=O)N(C)C4NC23)cc1Cl. The van der Waals surface area contributed by atoms with Crippen LogP contribution in [0.1, 0.15) is 18.4 Å². The van der Waals surface area contributed by atoms with Gasteiger partial charge in [-0.05, 0) is 37.5 Å². The molecular formula is C19H26ClN5O3. The first-order valence-electron chi connectivity index (χ1n) is 9.67. The number of imide groups is 1. The highest BCUT2D eigenvalue weighted by atomic mass is 35.5. The van der Waals surface area contributed by atoms with Gasteiger partial charge in [-0.25, -0.2) is 4.79 Å². The molecule has 0 aromatic heterocycles. The quantitative estimate of drug-likeness (QED) is 0.775. The Balaban J connectivity index is 1.63. The fourth-order valence-corrected chi connectivity index (χ4v) is 4.55. The average molecular weight is 408 g/mol. The first-order valence-corrected chi connectivity index (χ1v) is 10.1. The third-order valence-corrected chi connectivity index (χ3v) is 6.30. The van der Waals surface area contributed by atoms with Gasteiger partial charge in [-0.15, -0.1) is 0 Å². The zero-order chi connectivity index (χ0) is 20.0. The van der Waals surface area contributed by atoms with E-state index in [1.807, 2.05) is 25.1 Å². The highest BCUT2D eigenvalue weighted by molar-refractivity contribution is 6.31. The number of aryl methyl sites for hydroxylation is 1. The van der Waals surface area contributed by atoms with Crippen molar-refractivity contribution in [1.29, 1.82) is 0 Å². The molecule has 1 aromatic carbocycles. The molecule has 0 bridgehead atoms. The van der Waals surface area contributed by atoms with Crippen LogP contribution in [-0.4, -0.2) is 83.5 Å². The highest BCUT2D eigenvalue weighted by Crippen LogP contribution is 2.34. The molecule has 0 aliphatic carbocycles. The summed E-state index contributed by atoms with van der Waals surface area (Å²) in [6.07, 6.45) is 0.735. The van der Waals surface area contributed by atoms with Crippen molar-refractivity contribution in [1.82, 2.24) is 20.0 Å². The van der Waals surface area contributed by atoms with Crippen molar-refractivity contribution in [3.05, 3.63) is 28.8 Å². The number of nitrogens with zero attached hydrogens (tertiary/aromatic N) is 4. The Kier molecular flexibility index (Phi) is 5.22. The van der Waals surface area contributed by atoms with Crippen molar-refractivity contribution in [2.45, 2.75) is 38.3 Å². The summed E-state index contributed by atoms with van der Waals surface area (Å²) in [4.78, 5) is 33.0. The zero-order valence-corrected chi connectivity index (χ0v) is 16.9. The van der Waals surface area contributed by atoms with E-state index in [1.54, 1.807) is 11.9 Å². The Morgan fingerprint density at radius 1 is 1.29 bits per heavy atom. The van der Waals surface area contributed by atoms with Gasteiger partial charge in [0.15, 0.2) is 0 Å². The number of carbonyl (C=O) groups is 2. The van der Waals surface area contributed by atoms with Gasteiger partial charge in [-0.2, -0.15) is 0 Å². The number of rotatable bonds is 4. The molecule has 3 saturated heterocycles. The van der Waals surface area contributed by atoms with Gasteiger partial charge in [0.2, 0.25) is 0 Å². The molecule has 3 heterocycles. The van der Waals surface area contributed by atoms with Crippen LogP contribution >= 0.6 is 11.6 Å². The Morgan fingerprint density at radius 2 is 2.07 bits per heavy atom. The van der Waals surface area contributed by atoms with Crippen molar-refractivity contribution >= 4 is 29.2 Å². The van der Waals surface area contributed by atoms with Crippen LogP contribution in [0.15, 0.2) is 18.2 Å². The second-order valence-electron chi connectivity index (χ2n) is 7.61. The number of nitrogens with one attached hydrogen (secondary N) is 1. The van der Waals surface area contributed by atoms with Crippen LogP contribution in [-0.2, 0) is 4.79 Å². The number of amides is 3. The van der Waals surface area contributed by atoms with E-state index in [0.717, 1.165) is 30.8 Å². The van der Waals surface area contributed by atoms with Gasteiger partial charge in [0.05, 0.1) is 0 Å². The van der Waals surface area contributed by atoms with Crippen LogP contribution in [0.2, 0.25) is 5.02 Å². The molecule has 3 unspecified atom stereocenters. The first kappa shape index (κ1) is 19.4. The number of urea groups is 1. The van der Waals surface area contributed by atoms with Crippen LogP contribution < -0.4 is 10.2 Å². The normalized spacial score (nSPS) is 28.0. The van der Waals surface area contributed by atoms with Crippen LogP contribution in [0.5, 0.6) is 0 Å². The minimum atomic E-state index is -0.435. The summed E-state index contributed by atoms with van der Waals surface area (Å²) in [6, 6.07) is 5.23. The van der Waals surface area contributed by atoms with E-state index in [2.05, 4.69) is 15.1 Å². The van der Waals surface area contributed by atoms with Gasteiger partial charge in [-0.1, -0.05) is 17.7 Å². The van der Waals surface area contributed by atoms with Gasteiger partial charge >= 0.3 is 6.03 Å². The molecule has 4 rings (SSSR count). The van der Waals surface area contributed by atoms with Gasteiger partial charge < -0.3 is 14.9 Å². The van der Waals surface area contributed by atoms with Gasteiger partial charge in [0.25, 0.3) is 5.91 Å². The molecule has 8 nitrogen and oxygen atoms in total. The Hall–Kier alpha value is -1.87. The second kappa shape index (κ2) is 7.51. The van der Waals surface area contributed by atoms with E-state index in [4.69, 9.17) is 16.7 Å². The molecule has 3 amide bonds. The maximum Gasteiger partial charge on any atom is 0.327 e. The lowest BCUT2D eigenvalue weighted by Crippen LogP contribution is -2.66. The number of hydrogen-bond donors (Lipinski definition) is 2. The Bertz CT molecular complexity index is 791. The van der Waals surface area contributed by atoms with Crippen molar-refractivity contribution < 1.29 is 14.7 Å². The number of fused-ring (bicyclic) bond motifs is 3. The number of likely N-dealkylation sites (N-methyl/N-ethyl adjacent to an activating group) is 1. The molecule has 1 aromatic rings. The van der Waals surface area contributed by atoms with Gasteiger partial charge in [0, 0.05) is 44.0 Å². The number of carbonyl (C=O) groups excluding carboxylic acids is 2. The fraction of sp³-hybridized carbons (Fsp3) is 0.579. The zero-order valence-electron chi connectivity index (χ0n) is 16.1. The summed E-state index contributed by atoms with van der Waals surface area (Å²) < 4.78 is 0. The summed E-state index contributed by atoms with van der Waals surface area (Å²) in [5, 5.41) is 13.3. The number of aliphatic hydroxyl groups is 1. The van der Waals surface area contributed by atoms with Gasteiger partial charge in [-0.3, -0.25) is 19.9 Å². The highest BCUT2D eigenvalue weighted by Gasteiger charge is 2.55. The molecule has 28 heavy (non-hydrogen) atoms. The third-order valence-electron chi connectivity index (χ3n) is 5.90. The first-order chi connectivity index (χ1) is 13.4. The van der Waals surface area contributed by atoms with E-state index in [1.165, 1.54) is 4.90 Å². The van der Waals surface area contributed by atoms with Crippen LogP contribution in [0.4, 0.5) is 10.5 Å². The summed E-state index contributed by atoms with van der Waals surface area (Å²) in [5.74, 6) is -0.194. The minimum absolute atomic E-state index is 0.0541. The number of aliphatic hydroxyl groups excluding tert-OH is 1. The number of hydrogen-bond acceptors (Lipinski definition) is 6. The summed E-state index contributed by atoms with van der Waals surface area (Å²) in [6.45, 7) is 3.76. The summed E-state index contributed by atoms with van der Waals surface area (Å²) >= 11 is 6.34. The number of halogens is 1. The van der Waals surface area contributed by atoms with Crippen LogP contribution in [0.3, 0.4) is 0 Å². The lowest BCUT2D eigenvalue weighted by atomic mass is 10.1. The second-order valence-corrected chi connectivity index (χ2v) is 8.02. The predicted octanol–water partition coefficient (Wildman–Crippen LogP) is 1.02. The molecule has 3 fully saturated rings. The van der Waals surface area contributed by atoms with Crippen molar-refractivity contribution in [2.75, 3.05) is 38.2 Å². The third kappa shape index (κ3) is 3.04. The molecule has 2 N–H and O–H groups in total. The molecule has 9 heteroatoms. The molecule has 152 valence electrons. The van der Waals surface area contributed by atoms with E-state index in [0.29, 0.717) is 11.4 Å². The maximum atomic E-state index is 13.1. The number of anilines is 1. The van der Waals surface area contributed by atoms with Gasteiger partial charge in [0.1, 0.15) is 18.5 Å². The van der Waals surface area contributed by atoms with Crippen LogP contribution in [0, 0.1) is 6.92 Å². The van der Waals surface area contributed by atoms with E-state index in [-0.39, 0.29) is 37.5 Å². The van der Waals surface area contributed by atoms with E-state index < -0.39 is 6.04 Å². The van der Waals surface area contributed by atoms with Crippen molar-refractivity contribution in [3.63, 3.8) is 0 Å². The van der Waals surface area contributed by atoms with E-state index in [9.17, 15) is 9.59 Å². The monoisotopic (exact) mass is 407 g/mol. The fourth-order valence-electron chi connectivity index (χ4n) is 4.38. The Labute approximate surface area is 169 Å². The molecule has 0 radical (unpaired) electrons. The van der Waals surface area contributed by atoms with Crippen molar-refractivity contribution in [2.24, 2.45) is 0 Å². The smallest absolute Gasteiger partial charge is 0.327 e. The molecule has 0 spiro atoms. The average Bonchev–Trinajstić information content (AvgIpc) is 3.08. The molecule has 0 saturated carbocycles. The molecular weight excluding hydrogens is 382 g/mol. The summed E-state index contributed by atoms with van der Waals surface area (Å²) in [5.41, 5.74) is 2.02. The molecule has 3 aliphatic rings.